The van der Waals surface area contributed by atoms with Gasteiger partial charge in [0.1, 0.15) is 0 Å². The third-order valence-corrected chi connectivity index (χ3v) is 6.44. The quantitative estimate of drug-likeness (QED) is 0.506. The zero-order chi connectivity index (χ0) is 21.7. The van der Waals surface area contributed by atoms with Gasteiger partial charge in [0, 0.05) is 0 Å². The van der Waals surface area contributed by atoms with E-state index in [9.17, 15) is 13.2 Å². The number of hydrogen-bond donors (Lipinski definition) is 0. The van der Waals surface area contributed by atoms with Crippen LogP contribution in [0.1, 0.15) is 48.0 Å². The molecule has 0 amide bonds. The molecular weight excluding hydrogens is 400 g/mol. The van der Waals surface area contributed by atoms with E-state index in [2.05, 4.69) is 4.98 Å². The number of imidazole rings is 1. The maximum Gasteiger partial charge on any atom is 0.357 e. The fourth-order valence-corrected chi connectivity index (χ4v) is 4.92. The Bertz CT molecular complexity index is 1110. The highest BCUT2D eigenvalue weighted by Crippen LogP contribution is 2.28. The van der Waals surface area contributed by atoms with Crippen molar-refractivity contribution in [3.63, 3.8) is 0 Å². The molecule has 30 heavy (non-hydrogen) atoms. The molecule has 1 aromatic heterocycles. The first-order valence-corrected chi connectivity index (χ1v) is 11.7. The monoisotopic (exact) mass is 426 g/mol. The Morgan fingerprint density at radius 1 is 0.967 bits per heavy atom. The summed E-state index contributed by atoms with van der Waals surface area (Å²) in [4.78, 5) is 16.8. The van der Waals surface area contributed by atoms with Crippen molar-refractivity contribution in [2.45, 2.75) is 44.5 Å². The number of carbonyl (C=O) groups excluding carboxylic acids is 1. The van der Waals surface area contributed by atoms with Crippen molar-refractivity contribution in [3.8, 4) is 5.69 Å². The number of esters is 1. The lowest BCUT2D eigenvalue weighted by molar-refractivity contribution is 0.0516. The molecule has 3 rings (SSSR count). The summed E-state index contributed by atoms with van der Waals surface area (Å²) in [5.41, 5.74) is 3.33. The van der Waals surface area contributed by atoms with E-state index < -0.39 is 15.8 Å². The Balaban J connectivity index is 2.26. The van der Waals surface area contributed by atoms with Crippen LogP contribution in [-0.4, -0.2) is 30.5 Å². The molecule has 0 aliphatic heterocycles. The summed E-state index contributed by atoms with van der Waals surface area (Å²) in [6.07, 6.45) is 2.66. The summed E-state index contributed by atoms with van der Waals surface area (Å²) in [6.45, 7) is 5.89. The van der Waals surface area contributed by atoms with Gasteiger partial charge in [-0.2, -0.15) is 0 Å². The number of aromatic nitrogens is 2. The maximum atomic E-state index is 13.4. The van der Waals surface area contributed by atoms with Gasteiger partial charge >= 0.3 is 5.97 Å². The van der Waals surface area contributed by atoms with Gasteiger partial charge in [-0.1, -0.05) is 62.4 Å². The van der Waals surface area contributed by atoms with E-state index in [0.717, 1.165) is 11.1 Å². The van der Waals surface area contributed by atoms with Crippen molar-refractivity contribution >= 4 is 15.8 Å². The molecule has 0 radical (unpaired) electrons. The van der Waals surface area contributed by atoms with E-state index >= 15 is 0 Å². The predicted molar refractivity (Wildman–Crippen MR) is 116 cm³/mol. The summed E-state index contributed by atoms with van der Waals surface area (Å²) in [5, 5.41) is -0.148. The predicted octanol–water partition coefficient (Wildman–Crippen LogP) is 4.15. The molecule has 158 valence electrons. The number of sulfone groups is 1. The van der Waals surface area contributed by atoms with Crippen molar-refractivity contribution < 1.29 is 17.9 Å². The first-order chi connectivity index (χ1) is 14.4. The average molecular weight is 427 g/mol. The van der Waals surface area contributed by atoms with Crippen molar-refractivity contribution in [1.29, 1.82) is 0 Å². The van der Waals surface area contributed by atoms with Crippen LogP contribution in [0.15, 0.2) is 59.9 Å². The lowest BCUT2D eigenvalue weighted by atomic mass is 10.0. The molecule has 0 saturated carbocycles. The molecule has 0 saturated heterocycles. The van der Waals surface area contributed by atoms with Gasteiger partial charge < -0.3 is 4.74 Å². The van der Waals surface area contributed by atoms with Crippen LogP contribution in [0, 0.1) is 0 Å². The molecule has 3 aromatic rings. The molecular formula is C23H26N2O4S. The van der Waals surface area contributed by atoms with E-state index in [1.807, 2.05) is 38.1 Å². The number of para-hydroxylation sites is 1. The summed E-state index contributed by atoms with van der Waals surface area (Å²) >= 11 is 0. The van der Waals surface area contributed by atoms with Gasteiger partial charge in [0.15, 0.2) is 5.69 Å². The number of ether oxygens (including phenoxy) is 1. The number of hydrogen-bond acceptors (Lipinski definition) is 5. The summed E-state index contributed by atoms with van der Waals surface area (Å²) in [5.74, 6) is -0.804. The number of carbonyl (C=O) groups is 1. The molecule has 0 aliphatic carbocycles. The summed E-state index contributed by atoms with van der Waals surface area (Å²) in [6, 6.07) is 14.8. The Morgan fingerprint density at radius 2 is 1.60 bits per heavy atom. The third-order valence-electron chi connectivity index (χ3n) is 4.88. The van der Waals surface area contributed by atoms with Gasteiger partial charge in [0.25, 0.3) is 0 Å². The largest absolute Gasteiger partial charge is 0.461 e. The third kappa shape index (κ3) is 4.31. The van der Waals surface area contributed by atoms with E-state index in [1.54, 1.807) is 31.2 Å². The van der Waals surface area contributed by atoms with Crippen molar-refractivity contribution in [3.05, 3.63) is 77.1 Å². The van der Waals surface area contributed by atoms with E-state index in [1.165, 1.54) is 10.8 Å². The number of aryl methyl sites for hydroxylation is 2. The van der Waals surface area contributed by atoms with Gasteiger partial charge in [-0.05, 0) is 36.5 Å². The van der Waals surface area contributed by atoms with Gasteiger partial charge in [0.2, 0.25) is 15.0 Å². The minimum absolute atomic E-state index is 0.110. The van der Waals surface area contributed by atoms with Gasteiger partial charge in [-0.3, -0.25) is 4.57 Å². The Hall–Kier alpha value is -2.93. The SMILES string of the molecule is CCOC(=O)c1cnc(S(=O)(=O)Cc2ccccc2)n1-c1c(CC)cccc1CC. The molecule has 0 aliphatic rings. The van der Waals surface area contributed by atoms with Crippen LogP contribution in [0.2, 0.25) is 0 Å². The maximum absolute atomic E-state index is 13.4. The van der Waals surface area contributed by atoms with Crippen LogP contribution in [0.4, 0.5) is 0 Å². The van der Waals surface area contributed by atoms with Crippen molar-refractivity contribution in [1.82, 2.24) is 9.55 Å². The first-order valence-electron chi connectivity index (χ1n) is 10.1. The highest BCUT2D eigenvalue weighted by atomic mass is 32.2. The lowest BCUT2D eigenvalue weighted by Crippen LogP contribution is -2.19. The fraction of sp³-hybridized carbons (Fsp3) is 0.304. The summed E-state index contributed by atoms with van der Waals surface area (Å²) in [7, 11) is -3.83. The molecule has 7 heteroatoms. The lowest BCUT2D eigenvalue weighted by Gasteiger charge is -2.18. The molecule has 6 nitrogen and oxygen atoms in total. The Kier molecular flexibility index (Phi) is 6.72. The minimum atomic E-state index is -3.83. The van der Waals surface area contributed by atoms with Gasteiger partial charge in [-0.25, -0.2) is 18.2 Å². The van der Waals surface area contributed by atoms with Crippen molar-refractivity contribution in [2.24, 2.45) is 0 Å². The molecule has 0 bridgehead atoms. The van der Waals surface area contributed by atoms with Crippen LogP contribution in [0.25, 0.3) is 5.69 Å². The second kappa shape index (κ2) is 9.26. The van der Waals surface area contributed by atoms with E-state index in [0.29, 0.717) is 24.1 Å². The molecule has 2 aromatic carbocycles. The molecule has 0 atom stereocenters. The zero-order valence-electron chi connectivity index (χ0n) is 17.5. The Morgan fingerprint density at radius 3 is 2.17 bits per heavy atom. The molecule has 1 heterocycles. The number of nitrogens with zero attached hydrogens (tertiary/aromatic N) is 2. The highest BCUT2D eigenvalue weighted by Gasteiger charge is 2.29. The van der Waals surface area contributed by atoms with Crippen LogP contribution in [0.5, 0.6) is 0 Å². The van der Waals surface area contributed by atoms with E-state index in [4.69, 9.17) is 4.74 Å². The molecule has 0 spiro atoms. The minimum Gasteiger partial charge on any atom is -0.461 e. The van der Waals surface area contributed by atoms with Gasteiger partial charge in [-0.15, -0.1) is 0 Å². The number of benzene rings is 2. The normalized spacial score (nSPS) is 11.4. The van der Waals surface area contributed by atoms with Crippen molar-refractivity contribution in [2.75, 3.05) is 6.61 Å². The van der Waals surface area contributed by atoms with Crippen LogP contribution in [-0.2, 0) is 33.2 Å². The highest BCUT2D eigenvalue weighted by molar-refractivity contribution is 7.90. The second-order valence-corrected chi connectivity index (χ2v) is 8.74. The second-order valence-electron chi connectivity index (χ2n) is 6.86. The first kappa shape index (κ1) is 21.8. The van der Waals surface area contributed by atoms with E-state index in [-0.39, 0.29) is 23.2 Å². The standard InChI is InChI=1S/C23H26N2O4S/c1-4-18-13-10-14-19(5-2)21(18)25-20(22(26)29-6-3)15-24-23(25)30(27,28)16-17-11-8-7-9-12-17/h7-15H,4-6,16H2,1-3H3. The van der Waals surface area contributed by atoms with Gasteiger partial charge in [0.05, 0.1) is 24.2 Å². The molecule has 0 N–H and O–H groups in total. The fourth-order valence-electron chi connectivity index (χ4n) is 3.48. The smallest absolute Gasteiger partial charge is 0.357 e. The number of rotatable bonds is 8. The molecule has 0 fully saturated rings. The Labute approximate surface area is 177 Å². The summed E-state index contributed by atoms with van der Waals surface area (Å²) < 4.78 is 33.4. The van der Waals surface area contributed by atoms with Crippen LogP contribution < -0.4 is 0 Å². The average Bonchev–Trinajstić information content (AvgIpc) is 3.19. The topological polar surface area (TPSA) is 78.3 Å². The molecule has 0 unspecified atom stereocenters. The van der Waals surface area contributed by atoms with Crippen LogP contribution >= 0.6 is 0 Å². The zero-order valence-corrected chi connectivity index (χ0v) is 18.3. The van der Waals surface area contributed by atoms with Crippen LogP contribution in [0.3, 0.4) is 0 Å².